The molecule has 0 spiro atoms. The molecule has 1 heterocycles. The van der Waals surface area contributed by atoms with E-state index in [9.17, 15) is 0 Å². The van der Waals surface area contributed by atoms with Crippen LogP contribution in [0.2, 0.25) is 10.0 Å². The highest BCUT2D eigenvalue weighted by Gasteiger charge is 2.20. The van der Waals surface area contributed by atoms with Crippen LogP contribution >= 0.6 is 23.2 Å². The molecule has 0 atom stereocenters. The predicted octanol–water partition coefficient (Wildman–Crippen LogP) is 3.83. The topological polar surface area (TPSA) is 47.0 Å². The molecule has 0 saturated heterocycles. The molecule has 1 saturated carbocycles. The number of hydrogen-bond acceptors (Lipinski definition) is 4. The summed E-state index contributed by atoms with van der Waals surface area (Å²) < 4.78 is 5.57. The Balaban J connectivity index is 1.62. The monoisotopic (exact) mass is 309 g/mol. The fourth-order valence-electron chi connectivity index (χ4n) is 1.68. The van der Waals surface area contributed by atoms with Gasteiger partial charge < -0.3 is 10.1 Å². The molecule has 1 aliphatic carbocycles. The summed E-state index contributed by atoms with van der Waals surface area (Å²) in [5, 5.41) is 4.32. The van der Waals surface area contributed by atoms with E-state index in [0.717, 1.165) is 12.2 Å². The van der Waals surface area contributed by atoms with Crippen molar-refractivity contribution < 1.29 is 4.74 Å². The summed E-state index contributed by atoms with van der Waals surface area (Å²) in [5.41, 5.74) is 0.901. The lowest BCUT2D eigenvalue weighted by molar-refractivity contribution is 0.458. The highest BCUT2D eigenvalue weighted by atomic mass is 35.5. The molecule has 1 aromatic carbocycles. The average molecular weight is 310 g/mol. The Bertz CT molecular complexity index is 600. The van der Waals surface area contributed by atoms with Crippen molar-refractivity contribution in [2.45, 2.75) is 25.4 Å². The third-order valence-electron chi connectivity index (χ3n) is 2.94. The number of hydrogen-bond donors (Lipinski definition) is 1. The quantitative estimate of drug-likeness (QED) is 0.912. The number of halogens is 2. The molecule has 0 amide bonds. The van der Waals surface area contributed by atoms with Crippen LogP contribution in [-0.2, 0) is 6.54 Å². The standard InChI is InChI=1S/C14H13Cl2N3O/c15-12-4-3-11(5-13(12)16)20-14-8-18-10(7-19-14)6-17-9-1-2-9/h3-5,7-9,17H,1-2,6H2. The van der Waals surface area contributed by atoms with Crippen molar-refractivity contribution in [1.29, 1.82) is 0 Å². The van der Waals surface area contributed by atoms with Gasteiger partial charge in [0, 0.05) is 18.7 Å². The summed E-state index contributed by atoms with van der Waals surface area (Å²) >= 11 is 11.8. The molecule has 4 nitrogen and oxygen atoms in total. The second-order valence-electron chi connectivity index (χ2n) is 4.68. The van der Waals surface area contributed by atoms with Crippen molar-refractivity contribution in [3.63, 3.8) is 0 Å². The number of aromatic nitrogens is 2. The fourth-order valence-corrected chi connectivity index (χ4v) is 1.97. The smallest absolute Gasteiger partial charge is 0.237 e. The first-order valence-corrected chi connectivity index (χ1v) is 7.13. The lowest BCUT2D eigenvalue weighted by Gasteiger charge is -2.06. The van der Waals surface area contributed by atoms with Gasteiger partial charge in [-0.2, -0.15) is 0 Å². The summed E-state index contributed by atoms with van der Waals surface area (Å²) in [6.45, 7) is 0.741. The predicted molar refractivity (Wildman–Crippen MR) is 78.4 cm³/mol. The SMILES string of the molecule is Clc1ccc(Oc2cnc(CNC3CC3)cn2)cc1Cl. The van der Waals surface area contributed by atoms with Gasteiger partial charge in [-0.1, -0.05) is 23.2 Å². The molecule has 20 heavy (non-hydrogen) atoms. The van der Waals surface area contributed by atoms with E-state index in [1.165, 1.54) is 12.8 Å². The Hall–Kier alpha value is -1.36. The zero-order valence-electron chi connectivity index (χ0n) is 10.6. The normalized spacial score (nSPS) is 14.3. The van der Waals surface area contributed by atoms with Gasteiger partial charge in [-0.3, -0.25) is 4.98 Å². The van der Waals surface area contributed by atoms with E-state index < -0.39 is 0 Å². The van der Waals surface area contributed by atoms with Gasteiger partial charge in [0.25, 0.3) is 0 Å². The van der Waals surface area contributed by atoms with E-state index in [1.807, 2.05) is 0 Å². The first-order valence-electron chi connectivity index (χ1n) is 6.38. The fraction of sp³-hybridized carbons (Fsp3) is 0.286. The molecule has 104 valence electrons. The highest BCUT2D eigenvalue weighted by Crippen LogP contribution is 2.28. The van der Waals surface area contributed by atoms with Crippen LogP contribution in [0.25, 0.3) is 0 Å². The van der Waals surface area contributed by atoms with E-state index in [2.05, 4.69) is 15.3 Å². The van der Waals surface area contributed by atoms with Crippen LogP contribution in [0.5, 0.6) is 11.6 Å². The first kappa shape index (κ1) is 13.6. The Labute approximate surface area is 127 Å². The lowest BCUT2D eigenvalue weighted by Crippen LogP contribution is -2.16. The molecule has 0 radical (unpaired) electrons. The van der Waals surface area contributed by atoms with Crippen molar-refractivity contribution in [1.82, 2.24) is 15.3 Å². The van der Waals surface area contributed by atoms with Crippen LogP contribution in [0.1, 0.15) is 18.5 Å². The zero-order chi connectivity index (χ0) is 13.9. The van der Waals surface area contributed by atoms with Crippen LogP contribution in [-0.4, -0.2) is 16.0 Å². The molecule has 1 N–H and O–H groups in total. The van der Waals surface area contributed by atoms with E-state index in [-0.39, 0.29) is 0 Å². The van der Waals surface area contributed by atoms with E-state index in [4.69, 9.17) is 27.9 Å². The van der Waals surface area contributed by atoms with E-state index in [0.29, 0.717) is 27.7 Å². The lowest BCUT2D eigenvalue weighted by atomic mass is 10.3. The minimum Gasteiger partial charge on any atom is -0.437 e. The molecule has 2 aromatic rings. The number of nitrogens with zero attached hydrogens (tertiary/aromatic N) is 2. The minimum atomic E-state index is 0.429. The van der Waals surface area contributed by atoms with Gasteiger partial charge in [0.1, 0.15) is 5.75 Å². The average Bonchev–Trinajstić information content (AvgIpc) is 3.26. The maximum atomic E-state index is 5.93. The molecule has 0 aliphatic heterocycles. The van der Waals surface area contributed by atoms with Crippen molar-refractivity contribution in [3.8, 4) is 11.6 Å². The Morgan fingerprint density at radius 1 is 1.15 bits per heavy atom. The Kier molecular flexibility index (Phi) is 4.05. The largest absolute Gasteiger partial charge is 0.437 e. The zero-order valence-corrected chi connectivity index (χ0v) is 12.2. The van der Waals surface area contributed by atoms with E-state index in [1.54, 1.807) is 30.6 Å². The maximum absolute atomic E-state index is 5.93. The summed E-state index contributed by atoms with van der Waals surface area (Å²) in [7, 11) is 0. The third-order valence-corrected chi connectivity index (χ3v) is 3.68. The van der Waals surface area contributed by atoms with Crippen molar-refractivity contribution in [2.75, 3.05) is 0 Å². The van der Waals surface area contributed by atoms with Crippen LogP contribution in [0.3, 0.4) is 0 Å². The molecule has 3 rings (SSSR count). The second-order valence-corrected chi connectivity index (χ2v) is 5.49. The van der Waals surface area contributed by atoms with Gasteiger partial charge >= 0.3 is 0 Å². The highest BCUT2D eigenvalue weighted by molar-refractivity contribution is 6.42. The van der Waals surface area contributed by atoms with Crippen molar-refractivity contribution in [2.24, 2.45) is 0 Å². The molecule has 1 aliphatic rings. The molecular formula is C14H13Cl2N3O. The molecule has 1 fully saturated rings. The summed E-state index contributed by atoms with van der Waals surface area (Å²) in [6.07, 6.45) is 5.83. The molecule has 0 bridgehead atoms. The molecule has 1 aromatic heterocycles. The van der Waals surface area contributed by atoms with Gasteiger partial charge in [-0.15, -0.1) is 0 Å². The molecule has 6 heteroatoms. The number of nitrogens with one attached hydrogen (secondary N) is 1. The van der Waals surface area contributed by atoms with Gasteiger partial charge in [-0.25, -0.2) is 4.98 Å². The van der Waals surface area contributed by atoms with Gasteiger partial charge in [-0.05, 0) is 25.0 Å². The second kappa shape index (κ2) is 5.95. The van der Waals surface area contributed by atoms with Gasteiger partial charge in [0.15, 0.2) is 0 Å². The van der Waals surface area contributed by atoms with Crippen molar-refractivity contribution in [3.05, 3.63) is 46.3 Å². The van der Waals surface area contributed by atoms with Gasteiger partial charge in [0.2, 0.25) is 5.88 Å². The Morgan fingerprint density at radius 3 is 2.65 bits per heavy atom. The van der Waals surface area contributed by atoms with Gasteiger partial charge in [0.05, 0.1) is 28.1 Å². The summed E-state index contributed by atoms with van der Waals surface area (Å²) in [6, 6.07) is 5.72. The number of rotatable bonds is 5. The molecule has 0 unspecified atom stereocenters. The van der Waals surface area contributed by atoms with Crippen LogP contribution in [0.4, 0.5) is 0 Å². The van der Waals surface area contributed by atoms with Crippen LogP contribution in [0, 0.1) is 0 Å². The van der Waals surface area contributed by atoms with Crippen LogP contribution < -0.4 is 10.1 Å². The minimum absolute atomic E-state index is 0.429. The maximum Gasteiger partial charge on any atom is 0.237 e. The Morgan fingerprint density at radius 2 is 2.00 bits per heavy atom. The summed E-state index contributed by atoms with van der Waals surface area (Å²) in [4.78, 5) is 8.53. The van der Waals surface area contributed by atoms with E-state index >= 15 is 0 Å². The molecular weight excluding hydrogens is 297 g/mol. The first-order chi connectivity index (χ1) is 9.70. The summed E-state index contributed by atoms with van der Waals surface area (Å²) in [5.74, 6) is 1.01. The number of benzene rings is 1. The van der Waals surface area contributed by atoms with Crippen LogP contribution in [0.15, 0.2) is 30.6 Å². The third kappa shape index (κ3) is 3.60. The van der Waals surface area contributed by atoms with Crippen molar-refractivity contribution >= 4 is 23.2 Å². The number of ether oxygens (including phenoxy) is 1.